The summed E-state index contributed by atoms with van der Waals surface area (Å²) in [6.45, 7) is 2.22. The van der Waals surface area contributed by atoms with Gasteiger partial charge in [0.25, 0.3) is 5.91 Å². The number of halogens is 1. The summed E-state index contributed by atoms with van der Waals surface area (Å²) < 4.78 is 25.3. The van der Waals surface area contributed by atoms with Crippen molar-refractivity contribution in [2.24, 2.45) is 0 Å². The van der Waals surface area contributed by atoms with Gasteiger partial charge in [0.05, 0.1) is 18.6 Å². The van der Waals surface area contributed by atoms with Gasteiger partial charge >= 0.3 is 0 Å². The van der Waals surface area contributed by atoms with Gasteiger partial charge < -0.3 is 19.7 Å². The molecule has 1 aliphatic carbocycles. The maximum absolute atomic E-state index is 14.5. The molecule has 1 aliphatic heterocycles. The van der Waals surface area contributed by atoms with Crippen molar-refractivity contribution in [1.29, 1.82) is 0 Å². The maximum atomic E-state index is 14.5. The van der Waals surface area contributed by atoms with Gasteiger partial charge in [-0.1, -0.05) is 31.0 Å². The Morgan fingerprint density at radius 1 is 1.03 bits per heavy atom. The zero-order valence-corrected chi connectivity index (χ0v) is 17.4. The van der Waals surface area contributed by atoms with Crippen molar-refractivity contribution in [1.82, 2.24) is 4.90 Å². The fourth-order valence-electron chi connectivity index (χ4n) is 4.38. The number of nitrogens with one attached hydrogen (secondary N) is 1. The minimum atomic E-state index is -0.842. The lowest BCUT2D eigenvalue weighted by molar-refractivity contribution is -0.137. The van der Waals surface area contributed by atoms with E-state index in [1.807, 2.05) is 0 Å². The van der Waals surface area contributed by atoms with Crippen molar-refractivity contribution in [3.63, 3.8) is 0 Å². The number of nitrogens with zero attached hydrogens (tertiary/aromatic N) is 1. The summed E-state index contributed by atoms with van der Waals surface area (Å²) in [6, 6.07) is 13.4. The highest BCUT2D eigenvalue weighted by atomic mass is 19.1. The molecule has 0 atom stereocenters. The number of rotatable bonds is 6. The highest BCUT2D eigenvalue weighted by Crippen LogP contribution is 2.43. The van der Waals surface area contributed by atoms with E-state index in [0.29, 0.717) is 56.1 Å². The summed E-state index contributed by atoms with van der Waals surface area (Å²) in [7, 11) is 0. The van der Waals surface area contributed by atoms with E-state index < -0.39 is 5.41 Å². The first-order valence-electron chi connectivity index (χ1n) is 10.7. The van der Waals surface area contributed by atoms with Crippen molar-refractivity contribution in [3.8, 4) is 5.75 Å². The van der Waals surface area contributed by atoms with Crippen LogP contribution < -0.4 is 10.1 Å². The Bertz CT molecular complexity index is 919. The highest BCUT2D eigenvalue weighted by Gasteiger charge is 2.44. The molecule has 2 aromatic carbocycles. The van der Waals surface area contributed by atoms with E-state index in [9.17, 15) is 14.0 Å². The van der Waals surface area contributed by atoms with Crippen LogP contribution in [0.25, 0.3) is 0 Å². The van der Waals surface area contributed by atoms with E-state index in [0.717, 1.165) is 12.8 Å². The van der Waals surface area contributed by atoms with Gasteiger partial charge in [-0.2, -0.15) is 0 Å². The summed E-state index contributed by atoms with van der Waals surface area (Å²) in [4.78, 5) is 27.1. The Morgan fingerprint density at radius 3 is 2.39 bits per heavy atom. The third-order valence-corrected chi connectivity index (χ3v) is 6.12. The summed E-state index contributed by atoms with van der Waals surface area (Å²) in [5.41, 5.74) is 0.233. The van der Waals surface area contributed by atoms with Gasteiger partial charge in [-0.05, 0) is 43.2 Å². The average Bonchev–Trinajstić information content (AvgIpc) is 3.30. The minimum absolute atomic E-state index is 0.0396. The lowest BCUT2D eigenvalue weighted by Crippen LogP contribution is -2.42. The zero-order valence-electron chi connectivity index (χ0n) is 17.4. The molecule has 2 amide bonds. The standard InChI is InChI=1S/C24H27FN2O4/c25-21-6-2-1-5-20(21)24(11-3-4-12-24)23(29)26-18-7-9-19(10-8-18)31-17-22(28)27-13-15-30-16-14-27/h1-2,5-10H,3-4,11-17H2,(H,26,29). The second kappa shape index (κ2) is 9.47. The molecule has 31 heavy (non-hydrogen) atoms. The molecule has 0 radical (unpaired) electrons. The Balaban J connectivity index is 1.38. The van der Waals surface area contributed by atoms with Crippen molar-refractivity contribution in [2.75, 3.05) is 38.2 Å². The molecule has 164 valence electrons. The fraction of sp³-hybridized carbons (Fsp3) is 0.417. The number of benzene rings is 2. The van der Waals surface area contributed by atoms with E-state index >= 15 is 0 Å². The molecule has 0 spiro atoms. The lowest BCUT2D eigenvalue weighted by Gasteiger charge is -2.28. The molecule has 1 saturated heterocycles. The number of anilines is 1. The second-order valence-electron chi connectivity index (χ2n) is 8.03. The van der Waals surface area contributed by atoms with Gasteiger partial charge in [0.2, 0.25) is 5.91 Å². The van der Waals surface area contributed by atoms with Gasteiger partial charge in [0.15, 0.2) is 6.61 Å². The molecule has 6 nitrogen and oxygen atoms in total. The van der Waals surface area contributed by atoms with Crippen LogP contribution in [0.15, 0.2) is 48.5 Å². The second-order valence-corrected chi connectivity index (χ2v) is 8.03. The van der Waals surface area contributed by atoms with Gasteiger partial charge in [-0.3, -0.25) is 9.59 Å². The van der Waals surface area contributed by atoms with Crippen LogP contribution in [0, 0.1) is 5.82 Å². The predicted molar refractivity (Wildman–Crippen MR) is 115 cm³/mol. The molecule has 1 saturated carbocycles. The number of carbonyl (C=O) groups is 2. The monoisotopic (exact) mass is 426 g/mol. The Labute approximate surface area is 181 Å². The third kappa shape index (κ3) is 4.71. The average molecular weight is 426 g/mol. The summed E-state index contributed by atoms with van der Waals surface area (Å²) in [5, 5.41) is 2.94. The number of morpholine rings is 1. The first-order valence-corrected chi connectivity index (χ1v) is 10.7. The lowest BCUT2D eigenvalue weighted by atomic mass is 9.77. The van der Waals surface area contributed by atoms with Crippen LogP contribution in [-0.2, 0) is 19.7 Å². The van der Waals surface area contributed by atoms with Crippen molar-refractivity contribution >= 4 is 17.5 Å². The van der Waals surface area contributed by atoms with Crippen LogP contribution in [-0.4, -0.2) is 49.6 Å². The molecule has 2 aromatic rings. The van der Waals surface area contributed by atoms with Crippen LogP contribution in [0.2, 0.25) is 0 Å². The topological polar surface area (TPSA) is 67.9 Å². The molecule has 0 unspecified atom stereocenters. The minimum Gasteiger partial charge on any atom is -0.484 e. The zero-order chi connectivity index (χ0) is 21.7. The first-order chi connectivity index (χ1) is 15.1. The third-order valence-electron chi connectivity index (χ3n) is 6.12. The smallest absolute Gasteiger partial charge is 0.260 e. The van der Waals surface area contributed by atoms with Crippen LogP contribution >= 0.6 is 0 Å². The molecule has 1 heterocycles. The molecule has 2 aliphatic rings. The van der Waals surface area contributed by atoms with Crippen LogP contribution in [0.5, 0.6) is 5.75 Å². The van der Waals surface area contributed by atoms with E-state index in [1.165, 1.54) is 6.07 Å². The van der Waals surface area contributed by atoms with Crippen molar-refractivity contribution in [2.45, 2.75) is 31.1 Å². The molecule has 4 rings (SSSR count). The highest BCUT2D eigenvalue weighted by molar-refractivity contribution is 5.99. The van der Waals surface area contributed by atoms with Crippen LogP contribution in [0.4, 0.5) is 10.1 Å². The molecular weight excluding hydrogens is 399 g/mol. The predicted octanol–water partition coefficient (Wildman–Crippen LogP) is 3.51. The molecule has 0 aromatic heterocycles. The molecule has 1 N–H and O–H groups in total. The van der Waals surface area contributed by atoms with Crippen LogP contribution in [0.1, 0.15) is 31.2 Å². The summed E-state index contributed by atoms with van der Waals surface area (Å²) in [5.74, 6) is -0.0578. The molecule has 0 bridgehead atoms. The van der Waals surface area contributed by atoms with Crippen molar-refractivity contribution < 1.29 is 23.5 Å². The summed E-state index contributed by atoms with van der Waals surface area (Å²) in [6.07, 6.45) is 3.05. The Morgan fingerprint density at radius 2 is 1.71 bits per heavy atom. The van der Waals surface area contributed by atoms with E-state index in [1.54, 1.807) is 47.4 Å². The van der Waals surface area contributed by atoms with E-state index in [2.05, 4.69) is 5.32 Å². The Kier molecular flexibility index (Phi) is 6.51. The fourth-order valence-corrected chi connectivity index (χ4v) is 4.38. The van der Waals surface area contributed by atoms with Gasteiger partial charge in [0.1, 0.15) is 11.6 Å². The Hall–Kier alpha value is -2.93. The normalized spacial score (nSPS) is 17.9. The van der Waals surface area contributed by atoms with E-state index in [4.69, 9.17) is 9.47 Å². The number of ether oxygens (including phenoxy) is 2. The number of amides is 2. The van der Waals surface area contributed by atoms with Gasteiger partial charge in [-0.15, -0.1) is 0 Å². The molecule has 7 heteroatoms. The van der Waals surface area contributed by atoms with Gasteiger partial charge in [-0.25, -0.2) is 4.39 Å². The number of carbonyl (C=O) groups excluding carboxylic acids is 2. The quantitative estimate of drug-likeness (QED) is 0.768. The molecule has 2 fully saturated rings. The largest absolute Gasteiger partial charge is 0.484 e. The molecular formula is C24H27FN2O4. The van der Waals surface area contributed by atoms with Gasteiger partial charge in [0, 0.05) is 24.3 Å². The first kappa shape index (κ1) is 21.3. The maximum Gasteiger partial charge on any atom is 0.260 e. The summed E-state index contributed by atoms with van der Waals surface area (Å²) >= 11 is 0. The number of hydrogen-bond donors (Lipinski definition) is 1. The van der Waals surface area contributed by atoms with Crippen LogP contribution in [0.3, 0.4) is 0 Å². The van der Waals surface area contributed by atoms with E-state index in [-0.39, 0.29) is 24.2 Å². The SMILES string of the molecule is O=C(COc1ccc(NC(=O)C2(c3ccccc3F)CCCC2)cc1)N1CCOCC1. The van der Waals surface area contributed by atoms with Crippen molar-refractivity contribution in [3.05, 3.63) is 59.9 Å². The number of hydrogen-bond acceptors (Lipinski definition) is 4.